The third kappa shape index (κ3) is 7.23. The van der Waals surface area contributed by atoms with Crippen LogP contribution in [-0.4, -0.2) is 49.9 Å². The van der Waals surface area contributed by atoms with E-state index < -0.39 is 70.5 Å². The van der Waals surface area contributed by atoms with Crippen molar-refractivity contribution in [1.82, 2.24) is 4.90 Å². The van der Waals surface area contributed by atoms with Crippen LogP contribution in [0.2, 0.25) is 0 Å². The molecule has 6 rings (SSSR count). The van der Waals surface area contributed by atoms with Gasteiger partial charge in [-0.15, -0.1) is 0 Å². The molecular weight excluding hydrogens is 735 g/mol. The SMILES string of the molecule is COc1ccc(NC(=O)C(OC)(c2ccccc2)C(F)(F)F)cc1C1=C(CN2C(=O)O[C@H](c3cc(C(F)(F)F)cc(C(F)(F)F)c3)[C@@H]2C)CC2(CC1)CC2. The van der Waals surface area contributed by atoms with Crippen molar-refractivity contribution in [3.8, 4) is 5.75 Å². The van der Waals surface area contributed by atoms with E-state index >= 15 is 0 Å². The molecule has 2 amide bonds. The summed E-state index contributed by atoms with van der Waals surface area (Å²) in [7, 11) is 2.16. The molecule has 1 heterocycles. The number of allylic oxidation sites excluding steroid dienone is 1. The van der Waals surface area contributed by atoms with Gasteiger partial charge in [-0.1, -0.05) is 30.3 Å². The third-order valence-corrected chi connectivity index (χ3v) is 10.6. The highest BCUT2D eigenvalue weighted by atomic mass is 19.4. The highest BCUT2D eigenvalue weighted by molar-refractivity contribution is 5.99. The molecule has 16 heteroatoms. The minimum atomic E-state index is -5.17. The van der Waals surface area contributed by atoms with E-state index in [0.717, 1.165) is 38.5 Å². The lowest BCUT2D eigenvalue weighted by Gasteiger charge is -2.33. The average Bonchev–Trinajstić information content (AvgIpc) is 3.79. The van der Waals surface area contributed by atoms with E-state index in [-0.39, 0.29) is 23.7 Å². The molecular formula is C38H35F9N2O5. The topological polar surface area (TPSA) is 77.1 Å². The van der Waals surface area contributed by atoms with Crippen LogP contribution in [0.3, 0.4) is 0 Å². The molecule has 290 valence electrons. The van der Waals surface area contributed by atoms with Crippen LogP contribution in [-0.2, 0) is 32.2 Å². The molecule has 1 N–H and O–H groups in total. The van der Waals surface area contributed by atoms with Gasteiger partial charge in [0.2, 0.25) is 0 Å². The number of hydrogen-bond donors (Lipinski definition) is 1. The largest absolute Gasteiger partial charge is 0.496 e. The van der Waals surface area contributed by atoms with Crippen molar-refractivity contribution in [1.29, 1.82) is 0 Å². The summed E-state index contributed by atoms with van der Waals surface area (Å²) in [6.07, 6.45) is -14.3. The van der Waals surface area contributed by atoms with E-state index in [1.54, 1.807) is 0 Å². The molecule has 1 unspecified atom stereocenters. The number of benzene rings is 3. The third-order valence-electron chi connectivity index (χ3n) is 10.6. The fraction of sp³-hybridized carbons (Fsp3) is 0.421. The molecule has 1 aliphatic heterocycles. The van der Waals surface area contributed by atoms with E-state index in [1.807, 2.05) is 0 Å². The van der Waals surface area contributed by atoms with E-state index in [0.29, 0.717) is 47.4 Å². The molecule has 2 aliphatic carbocycles. The van der Waals surface area contributed by atoms with Gasteiger partial charge in [0.1, 0.15) is 11.9 Å². The van der Waals surface area contributed by atoms with Crippen molar-refractivity contribution in [3.05, 3.63) is 100 Å². The monoisotopic (exact) mass is 770 g/mol. The highest BCUT2D eigenvalue weighted by Crippen LogP contribution is 2.59. The zero-order chi connectivity index (χ0) is 39.4. The lowest BCUT2D eigenvalue weighted by atomic mass is 9.78. The maximum absolute atomic E-state index is 14.6. The molecule has 1 spiro atoms. The number of carbonyl (C=O) groups is 2. The quantitative estimate of drug-likeness (QED) is 0.219. The smallest absolute Gasteiger partial charge is 0.430 e. The van der Waals surface area contributed by atoms with E-state index in [9.17, 15) is 49.1 Å². The van der Waals surface area contributed by atoms with E-state index in [4.69, 9.17) is 14.2 Å². The number of ether oxygens (including phenoxy) is 3. The Morgan fingerprint density at radius 2 is 1.50 bits per heavy atom. The molecule has 0 aromatic heterocycles. The van der Waals surface area contributed by atoms with Crippen molar-refractivity contribution in [2.45, 2.75) is 75.3 Å². The van der Waals surface area contributed by atoms with E-state index in [1.165, 1.54) is 55.3 Å². The van der Waals surface area contributed by atoms with Crippen molar-refractivity contribution < 1.29 is 63.3 Å². The van der Waals surface area contributed by atoms with Crippen LogP contribution in [0.15, 0.2) is 72.3 Å². The molecule has 3 aromatic carbocycles. The first kappa shape index (κ1) is 39.0. The highest BCUT2D eigenvalue weighted by Gasteiger charge is 2.62. The number of rotatable bonds is 9. The summed E-state index contributed by atoms with van der Waals surface area (Å²) in [4.78, 5) is 28.1. The Kier molecular flexibility index (Phi) is 9.99. The Morgan fingerprint density at radius 3 is 2.04 bits per heavy atom. The van der Waals surface area contributed by atoms with Gasteiger partial charge in [-0.2, -0.15) is 39.5 Å². The second-order valence-corrected chi connectivity index (χ2v) is 13.9. The first-order valence-corrected chi connectivity index (χ1v) is 16.9. The standard InChI is InChI=1S/C38H35F9N2O5/c1-21-31(22-15-25(36(39,40)41)17-26(16-22)37(42,43)44)54-33(51)49(21)20-23-19-34(13-14-34)12-11-28(23)29-18-27(9-10-30(29)52-2)48-32(50)35(53-3,38(45,46)47)24-7-5-4-6-8-24/h4-10,15-18,21,31H,11-14,19-20H2,1-3H3,(H,48,50)/t21-,31-,35?/m0/s1. The van der Waals surface area contributed by atoms with Crippen LogP contribution < -0.4 is 10.1 Å². The summed E-state index contributed by atoms with van der Waals surface area (Å²) in [6, 6.07) is 10.8. The van der Waals surface area contributed by atoms with Crippen LogP contribution in [0.5, 0.6) is 5.75 Å². The van der Waals surface area contributed by atoms with Crippen molar-refractivity contribution >= 4 is 23.3 Å². The average molecular weight is 771 g/mol. The lowest BCUT2D eigenvalue weighted by Crippen LogP contribution is -2.53. The molecule has 3 atom stereocenters. The molecule has 3 aliphatic rings. The Balaban J connectivity index is 1.35. The number of cyclic esters (lactones) is 1. The van der Waals surface area contributed by atoms with Gasteiger partial charge in [0.05, 0.1) is 24.3 Å². The van der Waals surface area contributed by atoms with Crippen LogP contribution >= 0.6 is 0 Å². The molecule has 1 saturated carbocycles. The summed E-state index contributed by atoms with van der Waals surface area (Å²) >= 11 is 0. The normalized spacial score (nSPS) is 21.2. The molecule has 3 aromatic rings. The molecule has 0 bridgehead atoms. The maximum atomic E-state index is 14.6. The Morgan fingerprint density at radius 1 is 0.870 bits per heavy atom. The van der Waals surface area contributed by atoms with Crippen LogP contribution in [0.25, 0.3) is 5.57 Å². The predicted octanol–water partition coefficient (Wildman–Crippen LogP) is 10.1. The fourth-order valence-corrected chi connectivity index (χ4v) is 7.47. The summed E-state index contributed by atoms with van der Waals surface area (Å²) < 4.78 is 142. The zero-order valence-corrected chi connectivity index (χ0v) is 29.1. The molecule has 2 fully saturated rings. The van der Waals surface area contributed by atoms with Gasteiger partial charge in [-0.3, -0.25) is 9.69 Å². The number of alkyl halides is 9. The molecule has 1 saturated heterocycles. The maximum Gasteiger partial charge on any atom is 0.430 e. The summed E-state index contributed by atoms with van der Waals surface area (Å²) in [5, 5.41) is 2.35. The van der Waals surface area contributed by atoms with Gasteiger partial charge >= 0.3 is 24.6 Å². The lowest BCUT2D eigenvalue weighted by molar-refractivity contribution is -0.263. The molecule has 0 radical (unpaired) electrons. The minimum Gasteiger partial charge on any atom is -0.496 e. The number of nitrogens with zero attached hydrogens (tertiary/aromatic N) is 1. The van der Waals surface area contributed by atoms with Crippen LogP contribution in [0.4, 0.5) is 50.0 Å². The van der Waals surface area contributed by atoms with Gasteiger partial charge in [-0.25, -0.2) is 4.79 Å². The Bertz CT molecular complexity index is 1920. The van der Waals surface area contributed by atoms with Crippen molar-refractivity contribution in [2.24, 2.45) is 5.41 Å². The molecule has 54 heavy (non-hydrogen) atoms. The number of hydrogen-bond acceptors (Lipinski definition) is 5. The van der Waals surface area contributed by atoms with Gasteiger partial charge < -0.3 is 19.5 Å². The Hall–Kier alpha value is -4.73. The summed E-state index contributed by atoms with van der Waals surface area (Å²) in [6.45, 7) is 1.36. The number of nitrogens with one attached hydrogen (secondary N) is 1. The fourth-order valence-electron chi connectivity index (χ4n) is 7.47. The predicted molar refractivity (Wildman–Crippen MR) is 177 cm³/mol. The van der Waals surface area contributed by atoms with Crippen LogP contribution in [0.1, 0.15) is 72.9 Å². The Labute approximate surface area is 304 Å². The number of amides is 2. The minimum absolute atomic E-state index is 0.000869. The zero-order valence-electron chi connectivity index (χ0n) is 29.1. The summed E-state index contributed by atoms with van der Waals surface area (Å²) in [5.74, 6) is -1.19. The first-order chi connectivity index (χ1) is 25.2. The number of methoxy groups -OCH3 is 2. The number of carbonyl (C=O) groups excluding carboxylic acids is 2. The summed E-state index contributed by atoms with van der Waals surface area (Å²) in [5.41, 5.74) is -5.65. The van der Waals surface area contributed by atoms with Crippen molar-refractivity contribution in [3.63, 3.8) is 0 Å². The van der Waals surface area contributed by atoms with Crippen molar-refractivity contribution in [2.75, 3.05) is 26.1 Å². The molecule has 7 nitrogen and oxygen atoms in total. The van der Waals surface area contributed by atoms with Gasteiger partial charge in [-0.05, 0) is 97.6 Å². The van der Waals surface area contributed by atoms with Crippen LogP contribution in [0, 0.1) is 5.41 Å². The second-order valence-electron chi connectivity index (χ2n) is 13.9. The van der Waals surface area contributed by atoms with E-state index in [2.05, 4.69) is 5.32 Å². The van der Waals surface area contributed by atoms with Gasteiger partial charge in [0.25, 0.3) is 11.5 Å². The number of anilines is 1. The van der Waals surface area contributed by atoms with Gasteiger partial charge in [0, 0.05) is 30.5 Å². The first-order valence-electron chi connectivity index (χ1n) is 16.9. The number of halogens is 9. The second kappa shape index (κ2) is 13.8. The van der Waals surface area contributed by atoms with Gasteiger partial charge in [0.15, 0.2) is 0 Å².